The molecular weight excluding hydrogens is 384 g/mol. The summed E-state index contributed by atoms with van der Waals surface area (Å²) in [6.45, 7) is 18.4. The van der Waals surface area contributed by atoms with E-state index in [1.807, 2.05) is 0 Å². The monoisotopic (exact) mass is 426 g/mol. The van der Waals surface area contributed by atoms with E-state index in [4.69, 9.17) is 0 Å². The quantitative estimate of drug-likeness (QED) is 0.368. The molecule has 3 rings (SSSR count). The lowest BCUT2D eigenvalue weighted by atomic mass is 9.79. The van der Waals surface area contributed by atoms with Crippen LogP contribution in [0.3, 0.4) is 0 Å². The van der Waals surface area contributed by atoms with Gasteiger partial charge < -0.3 is 0 Å². The number of benzene rings is 3. The van der Waals surface area contributed by atoms with E-state index in [0.717, 1.165) is 12.8 Å². The molecule has 0 aromatic heterocycles. The molecule has 0 spiro atoms. The molecule has 0 aliphatic heterocycles. The fraction of sp³-hybridized carbons (Fsp3) is 0.438. The highest BCUT2D eigenvalue weighted by atomic mass is 14.2. The van der Waals surface area contributed by atoms with Crippen molar-refractivity contribution in [3.05, 3.63) is 82.9 Å². The Hall–Kier alpha value is -2.34. The van der Waals surface area contributed by atoms with E-state index < -0.39 is 0 Å². The Morgan fingerprint density at radius 3 is 1.47 bits per heavy atom. The first kappa shape index (κ1) is 24.3. The van der Waals surface area contributed by atoms with Gasteiger partial charge in [-0.3, -0.25) is 0 Å². The lowest BCUT2D eigenvalue weighted by molar-refractivity contribution is 0.580. The van der Waals surface area contributed by atoms with Gasteiger partial charge in [-0.2, -0.15) is 0 Å². The Balaban J connectivity index is 2.01. The Labute approximate surface area is 197 Å². The molecule has 0 heteroatoms. The maximum absolute atomic E-state index is 2.50. The van der Waals surface area contributed by atoms with E-state index in [1.54, 1.807) is 0 Å². The third kappa shape index (κ3) is 5.52. The van der Waals surface area contributed by atoms with Crippen LogP contribution in [0.5, 0.6) is 0 Å². The van der Waals surface area contributed by atoms with Crippen LogP contribution in [-0.2, 0) is 23.7 Å². The fourth-order valence-corrected chi connectivity index (χ4v) is 4.61. The Morgan fingerprint density at radius 1 is 0.531 bits per heavy atom. The van der Waals surface area contributed by atoms with Gasteiger partial charge in [-0.1, -0.05) is 129 Å². The summed E-state index contributed by atoms with van der Waals surface area (Å²) < 4.78 is 0. The summed E-state index contributed by atoms with van der Waals surface area (Å²) >= 11 is 0. The molecule has 0 saturated carbocycles. The smallest absolute Gasteiger partial charge is 0.0129 e. The molecule has 0 fully saturated rings. The molecule has 0 nitrogen and oxygen atoms in total. The van der Waals surface area contributed by atoms with Gasteiger partial charge in [0.1, 0.15) is 0 Å². The minimum atomic E-state index is 0.175. The molecule has 0 unspecified atom stereocenters. The van der Waals surface area contributed by atoms with Crippen LogP contribution in [0.4, 0.5) is 0 Å². The van der Waals surface area contributed by atoms with E-state index in [-0.39, 0.29) is 10.8 Å². The van der Waals surface area contributed by atoms with Gasteiger partial charge in [0, 0.05) is 0 Å². The van der Waals surface area contributed by atoms with Crippen molar-refractivity contribution in [2.45, 2.75) is 91.9 Å². The van der Waals surface area contributed by atoms with Crippen LogP contribution in [0.1, 0.15) is 90.5 Å². The molecule has 0 aliphatic rings. The van der Waals surface area contributed by atoms with Crippen LogP contribution in [0.25, 0.3) is 22.3 Å². The van der Waals surface area contributed by atoms with Gasteiger partial charge in [0.05, 0.1) is 0 Å². The average molecular weight is 427 g/mol. The van der Waals surface area contributed by atoms with E-state index in [2.05, 4.69) is 116 Å². The molecule has 0 N–H and O–H groups in total. The summed E-state index contributed by atoms with van der Waals surface area (Å²) in [4.78, 5) is 0. The molecule has 0 amide bonds. The van der Waals surface area contributed by atoms with E-state index in [0.29, 0.717) is 0 Å². The highest BCUT2D eigenvalue weighted by Gasteiger charge is 2.20. The molecular formula is C32H42. The van der Waals surface area contributed by atoms with Crippen molar-refractivity contribution in [2.24, 2.45) is 0 Å². The van der Waals surface area contributed by atoms with Crippen molar-refractivity contribution >= 4 is 0 Å². The van der Waals surface area contributed by atoms with Gasteiger partial charge in [0.15, 0.2) is 0 Å². The Bertz CT molecular complexity index is 1020. The highest BCUT2D eigenvalue weighted by molar-refractivity contribution is 5.73. The number of rotatable bonds is 6. The van der Waals surface area contributed by atoms with Gasteiger partial charge in [0.25, 0.3) is 0 Å². The summed E-state index contributed by atoms with van der Waals surface area (Å²) in [6, 6.07) is 23.2. The minimum Gasteiger partial charge on any atom is -0.0651 e. The lowest BCUT2D eigenvalue weighted by Gasteiger charge is -2.26. The zero-order valence-electron chi connectivity index (χ0n) is 21.6. The average Bonchev–Trinajstić information content (AvgIpc) is 2.74. The largest absolute Gasteiger partial charge is 0.0651 e. The lowest BCUT2D eigenvalue weighted by Crippen LogP contribution is -2.15. The fourth-order valence-electron chi connectivity index (χ4n) is 4.61. The molecule has 0 aliphatic carbocycles. The van der Waals surface area contributed by atoms with Crippen molar-refractivity contribution in [2.75, 3.05) is 0 Å². The number of hydrogen-bond donors (Lipinski definition) is 0. The number of aryl methyl sites for hydroxylation is 2. The van der Waals surface area contributed by atoms with Crippen LogP contribution in [0.15, 0.2) is 60.7 Å². The Morgan fingerprint density at radius 2 is 1.00 bits per heavy atom. The van der Waals surface area contributed by atoms with Gasteiger partial charge >= 0.3 is 0 Å². The van der Waals surface area contributed by atoms with Gasteiger partial charge in [-0.15, -0.1) is 0 Å². The second-order valence-corrected chi connectivity index (χ2v) is 11.3. The molecule has 170 valence electrons. The van der Waals surface area contributed by atoms with Gasteiger partial charge in [-0.25, -0.2) is 0 Å². The topological polar surface area (TPSA) is 0 Å². The summed E-state index contributed by atoms with van der Waals surface area (Å²) in [5.41, 5.74) is 11.6. The van der Waals surface area contributed by atoms with Gasteiger partial charge in [0.2, 0.25) is 0 Å². The van der Waals surface area contributed by atoms with E-state index >= 15 is 0 Å². The number of hydrogen-bond acceptors (Lipinski definition) is 0. The predicted molar refractivity (Wildman–Crippen MR) is 143 cm³/mol. The third-order valence-corrected chi connectivity index (χ3v) is 6.46. The zero-order chi connectivity index (χ0) is 23.5. The molecule has 3 aromatic carbocycles. The maximum atomic E-state index is 2.50. The molecule has 0 bridgehead atoms. The molecule has 3 aromatic rings. The molecule has 32 heavy (non-hydrogen) atoms. The molecule has 0 atom stereocenters. The van der Waals surface area contributed by atoms with Crippen LogP contribution in [-0.4, -0.2) is 0 Å². The molecule has 0 saturated heterocycles. The van der Waals surface area contributed by atoms with E-state index in [9.17, 15) is 0 Å². The standard InChI is InChI=1S/C32H42/c1-9-11-26-22-30(32(6,7)8)27(12-10-2)21-29(26)25-15-13-23(14-16-25)24-17-19-28(20-18-24)31(3,4)5/h13-22H,9-12H2,1-8H3. The third-order valence-electron chi connectivity index (χ3n) is 6.46. The summed E-state index contributed by atoms with van der Waals surface area (Å²) in [5, 5.41) is 0. The first-order valence-corrected chi connectivity index (χ1v) is 12.4. The zero-order valence-corrected chi connectivity index (χ0v) is 21.6. The van der Waals surface area contributed by atoms with Crippen molar-refractivity contribution in [3.8, 4) is 22.3 Å². The Kier molecular flexibility index (Phi) is 7.33. The van der Waals surface area contributed by atoms with E-state index in [1.165, 1.54) is 57.3 Å². The van der Waals surface area contributed by atoms with Crippen molar-refractivity contribution < 1.29 is 0 Å². The minimum absolute atomic E-state index is 0.175. The van der Waals surface area contributed by atoms with Crippen molar-refractivity contribution in [1.29, 1.82) is 0 Å². The molecule has 0 heterocycles. The molecule has 0 radical (unpaired) electrons. The van der Waals surface area contributed by atoms with Crippen LogP contribution < -0.4 is 0 Å². The second kappa shape index (κ2) is 9.65. The summed E-state index contributed by atoms with van der Waals surface area (Å²) in [7, 11) is 0. The maximum Gasteiger partial charge on any atom is -0.0129 e. The predicted octanol–water partition coefficient (Wildman–Crippen LogP) is 9.52. The van der Waals surface area contributed by atoms with Crippen molar-refractivity contribution in [1.82, 2.24) is 0 Å². The van der Waals surface area contributed by atoms with Crippen LogP contribution in [0.2, 0.25) is 0 Å². The normalized spacial score (nSPS) is 12.2. The SMILES string of the molecule is CCCc1cc(C(C)(C)C)c(CCC)cc1-c1ccc(-c2ccc(C(C)(C)C)cc2)cc1. The first-order chi connectivity index (χ1) is 15.0. The van der Waals surface area contributed by atoms with Crippen LogP contribution in [0, 0.1) is 0 Å². The summed E-state index contributed by atoms with van der Waals surface area (Å²) in [6.07, 6.45) is 4.62. The van der Waals surface area contributed by atoms with Gasteiger partial charge in [-0.05, 0) is 68.2 Å². The first-order valence-electron chi connectivity index (χ1n) is 12.4. The second-order valence-electron chi connectivity index (χ2n) is 11.3. The van der Waals surface area contributed by atoms with Crippen LogP contribution >= 0.6 is 0 Å². The highest BCUT2D eigenvalue weighted by Crippen LogP contribution is 2.35. The summed E-state index contributed by atoms with van der Waals surface area (Å²) in [5.74, 6) is 0. The van der Waals surface area contributed by atoms with Crippen molar-refractivity contribution in [3.63, 3.8) is 0 Å².